The van der Waals surface area contributed by atoms with Gasteiger partial charge >= 0.3 is 0 Å². The van der Waals surface area contributed by atoms with Crippen molar-refractivity contribution in [1.29, 1.82) is 0 Å². The van der Waals surface area contributed by atoms with Crippen molar-refractivity contribution in [3.8, 4) is 0 Å². The molecular formula is C15H15F2N. The van der Waals surface area contributed by atoms with Gasteiger partial charge in [-0.1, -0.05) is 42.5 Å². The van der Waals surface area contributed by atoms with Gasteiger partial charge in [0.1, 0.15) is 0 Å². The SMILES string of the molecule is Cc1ccc(C(N)Cc2ccccc2)c(F)c1F. The summed E-state index contributed by atoms with van der Waals surface area (Å²) in [6.45, 7) is 1.53. The van der Waals surface area contributed by atoms with Crippen LogP contribution in [0.1, 0.15) is 22.7 Å². The third kappa shape index (κ3) is 2.57. The molecule has 0 fully saturated rings. The topological polar surface area (TPSA) is 26.0 Å². The van der Waals surface area contributed by atoms with Crippen LogP contribution in [0.2, 0.25) is 0 Å². The summed E-state index contributed by atoms with van der Waals surface area (Å²) in [4.78, 5) is 0. The maximum atomic E-state index is 13.8. The standard InChI is InChI=1S/C15H15F2N/c1-10-7-8-12(15(17)14(10)16)13(18)9-11-5-3-2-4-6-11/h2-8,13H,9,18H2,1H3. The lowest BCUT2D eigenvalue weighted by Gasteiger charge is -2.14. The molecule has 0 saturated carbocycles. The Morgan fingerprint density at radius 2 is 1.67 bits per heavy atom. The van der Waals surface area contributed by atoms with Crippen molar-refractivity contribution in [3.05, 3.63) is 70.8 Å². The number of hydrogen-bond acceptors (Lipinski definition) is 1. The number of nitrogens with two attached hydrogens (primary N) is 1. The Kier molecular flexibility index (Phi) is 3.72. The van der Waals surface area contributed by atoms with Gasteiger partial charge in [0.15, 0.2) is 11.6 Å². The molecule has 1 unspecified atom stereocenters. The minimum absolute atomic E-state index is 0.224. The van der Waals surface area contributed by atoms with Gasteiger partial charge in [0.25, 0.3) is 0 Å². The van der Waals surface area contributed by atoms with E-state index in [1.807, 2.05) is 30.3 Å². The molecule has 0 saturated heterocycles. The lowest BCUT2D eigenvalue weighted by Crippen LogP contribution is -2.16. The van der Waals surface area contributed by atoms with E-state index >= 15 is 0 Å². The lowest BCUT2D eigenvalue weighted by atomic mass is 9.98. The van der Waals surface area contributed by atoms with Crippen LogP contribution in [0, 0.1) is 18.6 Å². The van der Waals surface area contributed by atoms with Crippen molar-refractivity contribution in [2.75, 3.05) is 0 Å². The van der Waals surface area contributed by atoms with Gasteiger partial charge in [0.2, 0.25) is 0 Å². The average molecular weight is 247 g/mol. The highest BCUT2D eigenvalue weighted by Gasteiger charge is 2.16. The number of benzene rings is 2. The van der Waals surface area contributed by atoms with Gasteiger partial charge in [-0.25, -0.2) is 8.78 Å². The zero-order valence-corrected chi connectivity index (χ0v) is 10.2. The van der Waals surface area contributed by atoms with Gasteiger partial charge in [-0.05, 0) is 24.5 Å². The van der Waals surface area contributed by atoms with Crippen LogP contribution in [0.15, 0.2) is 42.5 Å². The first-order valence-corrected chi connectivity index (χ1v) is 5.83. The molecule has 0 bridgehead atoms. The van der Waals surface area contributed by atoms with Crippen molar-refractivity contribution in [3.63, 3.8) is 0 Å². The van der Waals surface area contributed by atoms with Crippen LogP contribution < -0.4 is 5.73 Å². The van der Waals surface area contributed by atoms with Crippen molar-refractivity contribution in [2.45, 2.75) is 19.4 Å². The molecular weight excluding hydrogens is 232 g/mol. The highest BCUT2D eigenvalue weighted by Crippen LogP contribution is 2.22. The van der Waals surface area contributed by atoms with Gasteiger partial charge in [0, 0.05) is 11.6 Å². The van der Waals surface area contributed by atoms with Crippen LogP contribution in [-0.2, 0) is 6.42 Å². The smallest absolute Gasteiger partial charge is 0.163 e. The summed E-state index contributed by atoms with van der Waals surface area (Å²) in [7, 11) is 0. The number of aryl methyl sites for hydroxylation is 1. The second-order valence-corrected chi connectivity index (χ2v) is 4.40. The summed E-state index contributed by atoms with van der Waals surface area (Å²) >= 11 is 0. The normalized spacial score (nSPS) is 12.4. The largest absolute Gasteiger partial charge is 0.324 e. The highest BCUT2D eigenvalue weighted by atomic mass is 19.2. The Balaban J connectivity index is 2.24. The van der Waals surface area contributed by atoms with E-state index in [4.69, 9.17) is 5.73 Å². The van der Waals surface area contributed by atoms with Crippen LogP contribution in [-0.4, -0.2) is 0 Å². The summed E-state index contributed by atoms with van der Waals surface area (Å²) in [6, 6.07) is 12.1. The molecule has 2 rings (SSSR count). The summed E-state index contributed by atoms with van der Waals surface area (Å²) in [5.41, 5.74) is 7.46. The zero-order chi connectivity index (χ0) is 13.1. The van der Waals surface area contributed by atoms with Crippen molar-refractivity contribution in [2.24, 2.45) is 5.73 Å². The molecule has 18 heavy (non-hydrogen) atoms. The predicted molar refractivity (Wildman–Crippen MR) is 68.2 cm³/mol. The Bertz CT molecular complexity index is 538. The fraction of sp³-hybridized carbons (Fsp3) is 0.200. The Morgan fingerprint density at radius 1 is 1.00 bits per heavy atom. The average Bonchev–Trinajstić information content (AvgIpc) is 2.37. The maximum absolute atomic E-state index is 13.8. The van der Waals surface area contributed by atoms with Gasteiger partial charge < -0.3 is 5.73 Å². The van der Waals surface area contributed by atoms with E-state index in [0.717, 1.165) is 5.56 Å². The van der Waals surface area contributed by atoms with Crippen molar-refractivity contribution < 1.29 is 8.78 Å². The molecule has 1 atom stereocenters. The minimum atomic E-state index is -0.835. The van der Waals surface area contributed by atoms with Gasteiger partial charge in [-0.2, -0.15) is 0 Å². The van der Waals surface area contributed by atoms with Gasteiger partial charge in [-0.15, -0.1) is 0 Å². The van der Waals surface area contributed by atoms with E-state index in [1.165, 1.54) is 6.92 Å². The number of halogens is 2. The lowest BCUT2D eigenvalue weighted by molar-refractivity contribution is 0.483. The molecule has 2 aromatic rings. The van der Waals surface area contributed by atoms with Crippen LogP contribution in [0.3, 0.4) is 0 Å². The first-order chi connectivity index (χ1) is 8.59. The van der Waals surface area contributed by atoms with E-state index < -0.39 is 17.7 Å². The van der Waals surface area contributed by atoms with E-state index in [1.54, 1.807) is 12.1 Å². The summed E-state index contributed by atoms with van der Waals surface area (Å²) < 4.78 is 27.2. The van der Waals surface area contributed by atoms with Crippen molar-refractivity contribution in [1.82, 2.24) is 0 Å². The molecule has 0 radical (unpaired) electrons. The first-order valence-electron chi connectivity index (χ1n) is 5.83. The molecule has 94 valence electrons. The summed E-state index contributed by atoms with van der Waals surface area (Å²) in [5, 5.41) is 0. The van der Waals surface area contributed by atoms with Crippen LogP contribution in [0.25, 0.3) is 0 Å². The number of rotatable bonds is 3. The third-order valence-electron chi connectivity index (χ3n) is 3.00. The Hall–Kier alpha value is -1.74. The fourth-order valence-corrected chi connectivity index (χ4v) is 1.93. The van der Waals surface area contributed by atoms with E-state index in [9.17, 15) is 8.78 Å². The molecule has 2 aromatic carbocycles. The quantitative estimate of drug-likeness (QED) is 0.882. The van der Waals surface area contributed by atoms with E-state index in [-0.39, 0.29) is 5.56 Å². The molecule has 2 N–H and O–H groups in total. The predicted octanol–water partition coefficient (Wildman–Crippen LogP) is 3.52. The van der Waals surface area contributed by atoms with Crippen molar-refractivity contribution >= 4 is 0 Å². The molecule has 0 aliphatic carbocycles. The second kappa shape index (κ2) is 5.27. The number of hydrogen-bond donors (Lipinski definition) is 1. The van der Waals surface area contributed by atoms with Crippen LogP contribution >= 0.6 is 0 Å². The maximum Gasteiger partial charge on any atom is 0.163 e. The molecule has 0 aliphatic rings. The van der Waals surface area contributed by atoms with Crippen LogP contribution in [0.5, 0.6) is 0 Å². The summed E-state index contributed by atoms with van der Waals surface area (Å²) in [5.74, 6) is -1.64. The molecule has 1 nitrogen and oxygen atoms in total. The monoisotopic (exact) mass is 247 g/mol. The third-order valence-corrected chi connectivity index (χ3v) is 3.00. The Morgan fingerprint density at radius 3 is 2.33 bits per heavy atom. The molecule has 0 spiro atoms. The minimum Gasteiger partial charge on any atom is -0.324 e. The second-order valence-electron chi connectivity index (χ2n) is 4.40. The molecule has 0 amide bonds. The van der Waals surface area contributed by atoms with E-state index in [0.29, 0.717) is 12.0 Å². The Labute approximate surface area is 105 Å². The summed E-state index contributed by atoms with van der Waals surface area (Å²) in [6.07, 6.45) is 0.486. The van der Waals surface area contributed by atoms with E-state index in [2.05, 4.69) is 0 Å². The molecule has 0 aromatic heterocycles. The van der Waals surface area contributed by atoms with Gasteiger partial charge in [0.05, 0.1) is 0 Å². The first kappa shape index (κ1) is 12.7. The fourth-order valence-electron chi connectivity index (χ4n) is 1.93. The molecule has 3 heteroatoms. The molecule has 0 aliphatic heterocycles. The highest BCUT2D eigenvalue weighted by molar-refractivity contribution is 5.29. The van der Waals surface area contributed by atoms with Crippen LogP contribution in [0.4, 0.5) is 8.78 Å². The molecule has 0 heterocycles. The van der Waals surface area contributed by atoms with Gasteiger partial charge in [-0.3, -0.25) is 0 Å². The zero-order valence-electron chi connectivity index (χ0n) is 10.2.